The topological polar surface area (TPSA) is 36.7 Å². The summed E-state index contributed by atoms with van der Waals surface area (Å²) in [6.45, 7) is 0. The Bertz CT molecular complexity index is 464. The largest absolute Gasteiger partial charge is 0.434 e. The van der Waals surface area contributed by atoms with E-state index < -0.39 is 35.3 Å². The molecule has 0 radical (unpaired) electrons. The third-order valence-corrected chi connectivity index (χ3v) is 2.23. The molecule has 0 atom stereocenters. The van der Waals surface area contributed by atoms with E-state index in [1.165, 1.54) is 0 Å². The molecule has 0 fully saturated rings. The summed E-state index contributed by atoms with van der Waals surface area (Å²) < 4.78 is 62.5. The van der Waals surface area contributed by atoms with Crippen LogP contribution in [0.2, 0.25) is 0 Å². The van der Waals surface area contributed by atoms with Crippen molar-refractivity contribution >= 4 is 11.6 Å². The van der Waals surface area contributed by atoms with E-state index >= 15 is 0 Å². The molecular weight excluding hydrogens is 267 g/mol. The summed E-state index contributed by atoms with van der Waals surface area (Å²) in [5.74, 6) is -0.445. The fraction of sp³-hybridized carbons (Fsp3) is 0.333. The zero-order chi connectivity index (χ0) is 13.2. The van der Waals surface area contributed by atoms with E-state index in [-0.39, 0.29) is 5.56 Å². The van der Waals surface area contributed by atoms with E-state index in [0.717, 1.165) is 6.07 Å². The minimum atomic E-state index is -4.96. The van der Waals surface area contributed by atoms with Crippen LogP contribution in [0.1, 0.15) is 28.8 Å². The highest BCUT2D eigenvalue weighted by Gasteiger charge is 2.38. The monoisotopic (exact) mass is 270 g/mol. The lowest BCUT2D eigenvalue weighted by atomic mass is 10.0. The fourth-order valence-corrected chi connectivity index (χ4v) is 1.46. The van der Waals surface area contributed by atoms with E-state index in [2.05, 4.69) is 4.98 Å². The highest BCUT2D eigenvalue weighted by atomic mass is 35.5. The number of hydrogen-bond acceptors (Lipinski definition) is 2. The Morgan fingerprint density at radius 1 is 1.41 bits per heavy atom. The molecule has 1 aromatic heterocycles. The predicted molar refractivity (Wildman–Crippen MR) is 48.5 cm³/mol. The van der Waals surface area contributed by atoms with E-state index in [0.29, 0.717) is 6.20 Å². The molecule has 2 nitrogen and oxygen atoms in total. The zero-order valence-electron chi connectivity index (χ0n) is 8.02. The molecular formula is C9H4ClF5N2. The minimum absolute atomic E-state index is 0.286. The normalized spacial score (nSPS) is 11.6. The van der Waals surface area contributed by atoms with Gasteiger partial charge in [-0.25, -0.2) is 8.78 Å². The highest BCUT2D eigenvalue weighted by molar-refractivity contribution is 6.17. The number of nitriles is 1. The average Bonchev–Trinajstić information content (AvgIpc) is 2.25. The molecule has 0 unspecified atom stereocenters. The number of hydrogen-bond donors (Lipinski definition) is 0. The minimum Gasteiger partial charge on any atom is -0.250 e. The van der Waals surface area contributed by atoms with Crippen molar-refractivity contribution < 1.29 is 22.0 Å². The molecule has 1 aromatic rings. The molecule has 0 N–H and O–H groups in total. The summed E-state index contributed by atoms with van der Waals surface area (Å²) in [7, 11) is 0. The molecule has 0 saturated heterocycles. The molecule has 8 heteroatoms. The molecule has 0 bridgehead atoms. The standard InChI is InChI=1S/C9H4ClF5N2/c10-1-4-3-17-7(9(13,14)15)5(2-16)6(4)8(11)12/h3,8H,1H2. The van der Waals surface area contributed by atoms with E-state index in [1.54, 1.807) is 0 Å². The maximum atomic E-state index is 12.6. The van der Waals surface area contributed by atoms with Crippen molar-refractivity contribution in [3.8, 4) is 6.07 Å². The first kappa shape index (κ1) is 13.6. The molecule has 0 spiro atoms. The molecule has 0 saturated carbocycles. The van der Waals surface area contributed by atoms with Crippen molar-refractivity contribution in [3.05, 3.63) is 28.6 Å². The van der Waals surface area contributed by atoms with Crippen LogP contribution in [0, 0.1) is 11.3 Å². The van der Waals surface area contributed by atoms with Gasteiger partial charge >= 0.3 is 6.18 Å². The smallest absolute Gasteiger partial charge is 0.250 e. The van der Waals surface area contributed by atoms with Gasteiger partial charge in [0, 0.05) is 17.6 Å². The first-order valence-electron chi connectivity index (χ1n) is 4.16. The van der Waals surface area contributed by atoms with Crippen LogP contribution in [0.4, 0.5) is 22.0 Å². The van der Waals surface area contributed by atoms with Crippen molar-refractivity contribution in [1.82, 2.24) is 4.98 Å². The van der Waals surface area contributed by atoms with Gasteiger partial charge in [0.25, 0.3) is 6.43 Å². The lowest BCUT2D eigenvalue weighted by Crippen LogP contribution is -2.14. The number of alkyl halides is 6. The van der Waals surface area contributed by atoms with Crippen LogP contribution in [0.25, 0.3) is 0 Å². The highest BCUT2D eigenvalue weighted by Crippen LogP contribution is 2.36. The summed E-state index contributed by atoms with van der Waals surface area (Å²) in [5, 5.41) is 8.57. The molecule has 0 amide bonds. The summed E-state index contributed by atoms with van der Waals surface area (Å²) in [5.41, 5.74) is -4.09. The lowest BCUT2D eigenvalue weighted by molar-refractivity contribution is -0.141. The Morgan fingerprint density at radius 2 is 2.00 bits per heavy atom. The summed E-state index contributed by atoms with van der Waals surface area (Å²) in [6, 6.07) is 1.11. The van der Waals surface area contributed by atoms with Crippen LogP contribution in [0.3, 0.4) is 0 Å². The van der Waals surface area contributed by atoms with Crippen LogP contribution < -0.4 is 0 Å². The van der Waals surface area contributed by atoms with Gasteiger partial charge < -0.3 is 0 Å². The van der Waals surface area contributed by atoms with Gasteiger partial charge in [-0.2, -0.15) is 18.4 Å². The third kappa shape index (κ3) is 2.64. The molecule has 0 aliphatic heterocycles. The van der Waals surface area contributed by atoms with E-state index in [9.17, 15) is 22.0 Å². The Kier molecular flexibility index (Phi) is 3.88. The molecule has 1 heterocycles. The molecule has 1 rings (SSSR count). The first-order valence-corrected chi connectivity index (χ1v) is 4.69. The Hall–Kier alpha value is -1.42. The van der Waals surface area contributed by atoms with Crippen LogP contribution >= 0.6 is 11.6 Å². The second-order valence-corrected chi connectivity index (χ2v) is 3.23. The van der Waals surface area contributed by atoms with Crippen molar-refractivity contribution in [2.45, 2.75) is 18.5 Å². The predicted octanol–water partition coefficient (Wildman–Crippen LogP) is 3.65. The van der Waals surface area contributed by atoms with Crippen molar-refractivity contribution in [2.75, 3.05) is 0 Å². The van der Waals surface area contributed by atoms with Crippen LogP contribution in [0.5, 0.6) is 0 Å². The van der Waals surface area contributed by atoms with Gasteiger partial charge in [0.15, 0.2) is 5.69 Å². The van der Waals surface area contributed by atoms with Crippen LogP contribution in [-0.2, 0) is 12.1 Å². The maximum Gasteiger partial charge on any atom is 0.434 e. The number of rotatable bonds is 2. The van der Waals surface area contributed by atoms with Crippen LogP contribution in [0.15, 0.2) is 6.20 Å². The zero-order valence-corrected chi connectivity index (χ0v) is 8.78. The van der Waals surface area contributed by atoms with Gasteiger partial charge in [-0.1, -0.05) is 0 Å². The van der Waals surface area contributed by atoms with E-state index in [1.807, 2.05) is 0 Å². The Morgan fingerprint density at radius 3 is 2.35 bits per heavy atom. The molecule has 17 heavy (non-hydrogen) atoms. The molecule has 0 aliphatic carbocycles. The van der Waals surface area contributed by atoms with Gasteiger partial charge in [0.1, 0.15) is 6.07 Å². The Labute approximate surface area is 97.6 Å². The Balaban J connectivity index is 3.60. The summed E-state index contributed by atoms with van der Waals surface area (Å²) >= 11 is 5.31. The van der Waals surface area contributed by atoms with Gasteiger partial charge in [-0.3, -0.25) is 4.98 Å². The lowest BCUT2D eigenvalue weighted by Gasteiger charge is -2.13. The molecule has 0 aromatic carbocycles. The molecule has 0 aliphatic rings. The van der Waals surface area contributed by atoms with Crippen molar-refractivity contribution in [2.24, 2.45) is 0 Å². The van der Waals surface area contributed by atoms with Crippen LogP contribution in [-0.4, -0.2) is 4.98 Å². The fourth-order valence-electron chi connectivity index (χ4n) is 1.25. The average molecular weight is 271 g/mol. The van der Waals surface area contributed by atoms with Gasteiger partial charge in [-0.15, -0.1) is 11.6 Å². The summed E-state index contributed by atoms with van der Waals surface area (Å²) in [4.78, 5) is 2.97. The number of aromatic nitrogens is 1. The number of halogens is 6. The second-order valence-electron chi connectivity index (χ2n) is 2.96. The first-order chi connectivity index (χ1) is 7.82. The molecule has 92 valence electrons. The number of pyridine rings is 1. The van der Waals surface area contributed by atoms with Crippen molar-refractivity contribution in [1.29, 1.82) is 5.26 Å². The van der Waals surface area contributed by atoms with Gasteiger partial charge in [0.05, 0.1) is 5.56 Å². The van der Waals surface area contributed by atoms with Gasteiger partial charge in [0.2, 0.25) is 0 Å². The quantitative estimate of drug-likeness (QED) is 0.607. The van der Waals surface area contributed by atoms with Crippen molar-refractivity contribution in [3.63, 3.8) is 0 Å². The number of nitrogens with zero attached hydrogens (tertiary/aromatic N) is 2. The second kappa shape index (κ2) is 4.84. The maximum absolute atomic E-state index is 12.6. The third-order valence-electron chi connectivity index (χ3n) is 1.94. The summed E-state index contributed by atoms with van der Waals surface area (Å²) in [6.07, 6.45) is -7.57. The van der Waals surface area contributed by atoms with Gasteiger partial charge in [-0.05, 0) is 5.56 Å². The van der Waals surface area contributed by atoms with E-state index in [4.69, 9.17) is 16.9 Å². The SMILES string of the molecule is N#Cc1c(C(F)(F)F)ncc(CCl)c1C(F)F.